The summed E-state index contributed by atoms with van der Waals surface area (Å²) in [5.74, 6) is 0.326. The number of hydrogen-bond donors (Lipinski definition) is 0. The Balaban J connectivity index is 1.30. The Morgan fingerprint density at radius 2 is 1.88 bits per heavy atom. The molecule has 4 aromatic heterocycles. The highest BCUT2D eigenvalue weighted by Crippen LogP contribution is 2.26. The summed E-state index contributed by atoms with van der Waals surface area (Å²) in [6.07, 6.45) is 9.95. The van der Waals surface area contributed by atoms with E-state index in [2.05, 4.69) is 24.9 Å². The van der Waals surface area contributed by atoms with Crippen LogP contribution in [-0.4, -0.2) is 74.2 Å². The first kappa shape index (κ1) is 21.9. The molecule has 0 N–H and O–H groups in total. The van der Waals surface area contributed by atoms with Gasteiger partial charge in [0.25, 0.3) is 5.91 Å². The first-order chi connectivity index (χ1) is 16.4. The SMILES string of the molecule is CS(=O)(=O)c1ccc(-n2cnc3c(OC4CCN(C(=O)c5cccnc5)CC4)ncnc32)cn1. The third kappa shape index (κ3) is 4.31. The highest BCUT2D eigenvalue weighted by molar-refractivity contribution is 7.90. The molecule has 34 heavy (non-hydrogen) atoms. The van der Waals surface area contributed by atoms with Gasteiger partial charge in [-0.25, -0.2) is 23.4 Å². The van der Waals surface area contributed by atoms with E-state index < -0.39 is 9.84 Å². The van der Waals surface area contributed by atoms with Crippen molar-refractivity contribution in [1.82, 2.24) is 34.4 Å². The molecule has 5 heterocycles. The number of piperidine rings is 1. The Kier molecular flexibility index (Phi) is 5.65. The van der Waals surface area contributed by atoms with E-state index in [9.17, 15) is 13.2 Å². The Morgan fingerprint density at radius 3 is 2.56 bits per heavy atom. The van der Waals surface area contributed by atoms with Gasteiger partial charge < -0.3 is 9.64 Å². The molecule has 0 spiro atoms. The number of aromatic nitrogens is 6. The van der Waals surface area contributed by atoms with E-state index in [1.165, 1.54) is 18.6 Å². The summed E-state index contributed by atoms with van der Waals surface area (Å²) in [6.45, 7) is 1.14. The molecule has 11 nitrogen and oxygen atoms in total. The number of carbonyl (C=O) groups is 1. The lowest BCUT2D eigenvalue weighted by Gasteiger charge is -2.31. The van der Waals surface area contributed by atoms with E-state index in [0.717, 1.165) is 6.26 Å². The molecule has 0 aliphatic carbocycles. The summed E-state index contributed by atoms with van der Waals surface area (Å²) in [5, 5.41) is -0.00679. The summed E-state index contributed by atoms with van der Waals surface area (Å²) in [7, 11) is -3.39. The van der Waals surface area contributed by atoms with Gasteiger partial charge in [0.1, 0.15) is 18.8 Å². The molecule has 0 unspecified atom stereocenters. The fraction of sp³-hybridized carbons (Fsp3) is 0.273. The van der Waals surface area contributed by atoms with Gasteiger partial charge in [-0.05, 0) is 24.3 Å². The van der Waals surface area contributed by atoms with Crippen molar-refractivity contribution in [2.45, 2.75) is 24.0 Å². The predicted octanol–water partition coefficient (Wildman–Crippen LogP) is 1.69. The zero-order valence-corrected chi connectivity index (χ0v) is 19.1. The molecule has 1 amide bonds. The molecule has 1 aliphatic heterocycles. The molecular formula is C22H21N7O4S. The maximum absolute atomic E-state index is 12.6. The number of ether oxygens (including phenoxy) is 1. The van der Waals surface area contributed by atoms with Crippen molar-refractivity contribution in [3.8, 4) is 11.6 Å². The van der Waals surface area contributed by atoms with Crippen molar-refractivity contribution < 1.29 is 17.9 Å². The van der Waals surface area contributed by atoms with Crippen molar-refractivity contribution >= 4 is 26.9 Å². The van der Waals surface area contributed by atoms with Gasteiger partial charge >= 0.3 is 0 Å². The Hall–Kier alpha value is -3.93. The zero-order chi connectivity index (χ0) is 23.7. The van der Waals surface area contributed by atoms with Crippen molar-refractivity contribution in [2.24, 2.45) is 0 Å². The van der Waals surface area contributed by atoms with Crippen LogP contribution in [0.4, 0.5) is 0 Å². The topological polar surface area (TPSA) is 133 Å². The number of sulfone groups is 1. The van der Waals surface area contributed by atoms with Crippen molar-refractivity contribution in [3.63, 3.8) is 0 Å². The van der Waals surface area contributed by atoms with Crippen molar-refractivity contribution in [1.29, 1.82) is 0 Å². The summed E-state index contributed by atoms with van der Waals surface area (Å²) in [6, 6.07) is 6.59. The highest BCUT2D eigenvalue weighted by Gasteiger charge is 2.26. The van der Waals surface area contributed by atoms with Crippen LogP contribution in [0, 0.1) is 0 Å². The fourth-order valence-corrected chi connectivity index (χ4v) is 4.39. The third-order valence-electron chi connectivity index (χ3n) is 5.59. The number of nitrogens with zero attached hydrogens (tertiary/aromatic N) is 7. The molecular weight excluding hydrogens is 458 g/mol. The minimum absolute atomic E-state index is 0.00679. The van der Waals surface area contributed by atoms with Gasteiger partial charge in [0, 0.05) is 44.6 Å². The quantitative estimate of drug-likeness (QED) is 0.419. The number of pyridine rings is 2. The Morgan fingerprint density at radius 1 is 1.06 bits per heavy atom. The number of hydrogen-bond acceptors (Lipinski definition) is 9. The van der Waals surface area contributed by atoms with E-state index >= 15 is 0 Å². The minimum atomic E-state index is -3.39. The lowest BCUT2D eigenvalue weighted by Crippen LogP contribution is -2.41. The van der Waals surface area contributed by atoms with Crippen LogP contribution < -0.4 is 4.74 Å². The van der Waals surface area contributed by atoms with Gasteiger partial charge in [-0.15, -0.1) is 0 Å². The third-order valence-corrected chi connectivity index (χ3v) is 6.60. The van der Waals surface area contributed by atoms with Crippen LogP contribution in [0.2, 0.25) is 0 Å². The van der Waals surface area contributed by atoms with E-state index in [1.54, 1.807) is 46.4 Å². The van der Waals surface area contributed by atoms with Crippen LogP contribution in [0.25, 0.3) is 16.9 Å². The Bertz CT molecular complexity index is 1430. The second kappa shape index (κ2) is 8.78. The predicted molar refractivity (Wildman–Crippen MR) is 121 cm³/mol. The maximum atomic E-state index is 12.6. The van der Waals surface area contributed by atoms with Crippen LogP contribution in [0.1, 0.15) is 23.2 Å². The molecule has 174 valence electrons. The number of rotatable bonds is 5. The second-order valence-corrected chi connectivity index (χ2v) is 9.91. The maximum Gasteiger partial charge on any atom is 0.255 e. The highest BCUT2D eigenvalue weighted by atomic mass is 32.2. The lowest BCUT2D eigenvalue weighted by molar-refractivity contribution is 0.0590. The van der Waals surface area contributed by atoms with Gasteiger partial charge in [-0.3, -0.25) is 14.3 Å². The summed E-state index contributed by atoms with van der Waals surface area (Å²) in [4.78, 5) is 35.5. The minimum Gasteiger partial charge on any atom is -0.473 e. The summed E-state index contributed by atoms with van der Waals surface area (Å²) >= 11 is 0. The molecule has 0 atom stereocenters. The van der Waals surface area contributed by atoms with Crippen LogP contribution >= 0.6 is 0 Å². The van der Waals surface area contributed by atoms with E-state index in [-0.39, 0.29) is 17.0 Å². The van der Waals surface area contributed by atoms with Crippen molar-refractivity contribution in [2.75, 3.05) is 19.3 Å². The molecule has 1 saturated heterocycles. The molecule has 0 bridgehead atoms. The summed E-state index contributed by atoms with van der Waals surface area (Å²) in [5.41, 5.74) is 2.19. The smallest absolute Gasteiger partial charge is 0.255 e. The van der Waals surface area contributed by atoms with Crippen molar-refractivity contribution in [3.05, 3.63) is 61.1 Å². The van der Waals surface area contributed by atoms with E-state index in [4.69, 9.17) is 4.74 Å². The molecule has 5 rings (SSSR count). The second-order valence-electron chi connectivity index (χ2n) is 7.94. The molecule has 0 aromatic carbocycles. The van der Waals surface area contributed by atoms with Crippen LogP contribution in [0.15, 0.2) is 60.5 Å². The number of carbonyl (C=O) groups excluding carboxylic acids is 1. The number of imidazole rings is 1. The molecule has 1 aliphatic rings. The molecule has 0 radical (unpaired) electrons. The lowest BCUT2D eigenvalue weighted by atomic mass is 10.1. The van der Waals surface area contributed by atoms with Gasteiger partial charge in [-0.1, -0.05) is 0 Å². The normalized spacial score (nSPS) is 14.9. The zero-order valence-electron chi connectivity index (χ0n) is 18.3. The Labute approximate surface area is 195 Å². The molecule has 4 aromatic rings. The van der Waals surface area contributed by atoms with E-state index in [1.807, 2.05) is 0 Å². The van der Waals surface area contributed by atoms with Gasteiger partial charge in [-0.2, -0.15) is 4.98 Å². The molecule has 1 fully saturated rings. The molecule has 0 saturated carbocycles. The summed E-state index contributed by atoms with van der Waals surface area (Å²) < 4.78 is 31.2. The fourth-order valence-electron chi connectivity index (χ4n) is 3.83. The number of fused-ring (bicyclic) bond motifs is 1. The first-order valence-electron chi connectivity index (χ1n) is 10.6. The van der Waals surface area contributed by atoms with Crippen LogP contribution in [0.3, 0.4) is 0 Å². The number of likely N-dealkylation sites (tertiary alicyclic amines) is 1. The van der Waals surface area contributed by atoms with E-state index in [0.29, 0.717) is 54.2 Å². The standard InChI is InChI=1S/C22H21N7O4S/c1-34(31,32)18-5-4-16(12-24-18)29-14-27-19-20(29)25-13-26-21(19)33-17-6-9-28(10-7-17)22(30)15-3-2-8-23-11-15/h2-5,8,11-14,17H,6-7,9-10H2,1H3. The monoisotopic (exact) mass is 479 g/mol. The van der Waals surface area contributed by atoms with Gasteiger partial charge in [0.15, 0.2) is 26.0 Å². The number of amides is 1. The molecule has 12 heteroatoms. The largest absolute Gasteiger partial charge is 0.473 e. The average molecular weight is 480 g/mol. The van der Waals surface area contributed by atoms with Crippen LogP contribution in [0.5, 0.6) is 5.88 Å². The van der Waals surface area contributed by atoms with Gasteiger partial charge in [0.05, 0.1) is 17.4 Å². The van der Waals surface area contributed by atoms with Gasteiger partial charge in [0.2, 0.25) is 5.88 Å². The van der Waals surface area contributed by atoms with Crippen LogP contribution in [-0.2, 0) is 9.84 Å². The first-order valence-corrected chi connectivity index (χ1v) is 12.5. The average Bonchev–Trinajstić information content (AvgIpc) is 3.29.